The molecule has 0 aromatic rings. The van der Waals surface area contributed by atoms with Crippen molar-refractivity contribution in [1.29, 1.82) is 0 Å². The van der Waals surface area contributed by atoms with Gasteiger partial charge >= 0.3 is 0 Å². The second-order valence-electron chi connectivity index (χ2n) is 13.1. The summed E-state index contributed by atoms with van der Waals surface area (Å²) in [4.78, 5) is 0. The highest BCUT2D eigenvalue weighted by Crippen LogP contribution is 2.40. The molecule has 0 amide bonds. The zero-order valence-corrected chi connectivity index (χ0v) is 42.3. The highest BCUT2D eigenvalue weighted by molar-refractivity contribution is 4.91. The first-order valence-corrected chi connectivity index (χ1v) is 22.5. The van der Waals surface area contributed by atoms with Gasteiger partial charge in [-0.1, -0.05) is 80.2 Å². The molecule has 9 saturated heterocycles. The van der Waals surface area contributed by atoms with Gasteiger partial charge in [0.1, 0.15) is 0 Å². The number of ether oxygens (including phenoxy) is 9. The molecule has 9 unspecified atom stereocenters. The standard InChI is InChI=1S/3C7H12O.6C2H4O.11C2H4.8CH4/c3*1-5-2-3-6-7(4-5)8-6;6*1-2-3-1;11*1-2;;;;;;;;/h3*5-7H,2-4H2,1H3;6*1-2H2;11*1-2H2;8*1H4. The summed E-state index contributed by atoms with van der Waals surface area (Å²) in [5.41, 5.74) is 0. The van der Waals surface area contributed by atoms with Gasteiger partial charge in [-0.3, -0.25) is 0 Å². The van der Waals surface area contributed by atoms with E-state index in [9.17, 15) is 0 Å². The molecule has 0 bridgehead atoms. The summed E-state index contributed by atoms with van der Waals surface area (Å²) in [5.74, 6) is 2.79. The predicted molar refractivity (Wildman–Crippen MR) is 338 cm³/mol. The Kier molecular flexibility index (Phi) is 165. The monoisotopic (exact) mass is 1040 g/mol. The Bertz CT molecular complexity index is 692. The molecule has 12 rings (SSSR count). The maximum atomic E-state index is 5.35. The Labute approximate surface area is 457 Å². The number of rotatable bonds is 0. The van der Waals surface area contributed by atoms with Crippen LogP contribution in [0, 0.1) is 17.8 Å². The van der Waals surface area contributed by atoms with Gasteiger partial charge in [0.15, 0.2) is 0 Å². The predicted octanol–water partition coefficient (Wildman–Crippen LogP) is 18.7. The lowest BCUT2D eigenvalue weighted by atomic mass is 9.91. The van der Waals surface area contributed by atoms with E-state index in [0.29, 0.717) is 36.6 Å². The average molecular weight is 1040 g/mol. The molecule has 9 heterocycles. The number of hydrogen-bond donors (Lipinski definition) is 0. The lowest BCUT2D eigenvalue weighted by Crippen LogP contribution is -2.09. The van der Waals surface area contributed by atoms with Gasteiger partial charge in [-0.2, -0.15) is 0 Å². The van der Waals surface area contributed by atoms with Crippen LogP contribution >= 0.6 is 0 Å². The zero-order chi connectivity index (χ0) is 51.4. The van der Waals surface area contributed by atoms with Crippen LogP contribution in [-0.2, 0) is 42.6 Å². The molecule has 72 heavy (non-hydrogen) atoms. The van der Waals surface area contributed by atoms with Crippen LogP contribution in [0.2, 0.25) is 0 Å². The highest BCUT2D eigenvalue weighted by Gasteiger charge is 2.43. The third-order valence-electron chi connectivity index (χ3n) is 8.02. The molecule has 3 saturated carbocycles. The van der Waals surface area contributed by atoms with Crippen molar-refractivity contribution in [3.05, 3.63) is 145 Å². The van der Waals surface area contributed by atoms with Crippen LogP contribution in [0.5, 0.6) is 0 Å². The third-order valence-corrected chi connectivity index (χ3v) is 8.02. The van der Waals surface area contributed by atoms with Crippen molar-refractivity contribution < 1.29 is 42.6 Å². The Hall–Kier alpha value is -3.22. The molecule has 9 aliphatic heterocycles. The Morgan fingerprint density at radius 1 is 0.208 bits per heavy atom. The fourth-order valence-corrected chi connectivity index (χ4v) is 4.81. The summed E-state index contributed by atoms with van der Waals surface area (Å²) in [5, 5.41) is 0. The van der Waals surface area contributed by atoms with E-state index in [-0.39, 0.29) is 59.4 Å². The van der Waals surface area contributed by atoms with Crippen LogP contribution in [0.3, 0.4) is 0 Å². The number of epoxide rings is 9. The van der Waals surface area contributed by atoms with E-state index in [1.807, 2.05) is 0 Å². The zero-order valence-electron chi connectivity index (χ0n) is 42.3. The summed E-state index contributed by atoms with van der Waals surface area (Å²) < 4.78 is 43.0. The first-order chi connectivity index (χ1) is 31.6. The molecular weight excluding hydrogens is 901 g/mol. The second-order valence-corrected chi connectivity index (χ2v) is 13.1. The molecule has 0 radical (unpaired) electrons. The number of fused-ring (bicyclic) bond motifs is 3. The molecule has 9 atom stereocenters. The van der Waals surface area contributed by atoms with Crippen molar-refractivity contribution >= 4 is 0 Å². The van der Waals surface area contributed by atoms with Gasteiger partial charge < -0.3 is 42.6 Å². The maximum absolute atomic E-state index is 5.35. The molecule has 9 heteroatoms. The molecule has 9 nitrogen and oxygen atoms in total. The van der Waals surface area contributed by atoms with E-state index in [1.54, 1.807) is 0 Å². The normalized spacial score (nSPS) is 24.2. The SMILES string of the molecule is C.C.C.C.C.C.C.C.C1CO1.C1CO1.C1CO1.C1CO1.C1CO1.C1CO1.C=C.C=C.C=C.C=C.C=C.C=C.C=C.C=C.C=C.C=C.C=C.CC1CCC2OC2C1.CC1CCC2OC2C1.CC1CCC2OC2C1. The maximum Gasteiger partial charge on any atom is 0.0844 e. The Morgan fingerprint density at radius 3 is 0.389 bits per heavy atom. The molecule has 0 aromatic heterocycles. The minimum absolute atomic E-state index is 0. The quantitative estimate of drug-likeness (QED) is 0.173. The molecule has 3 aliphatic carbocycles. The van der Waals surface area contributed by atoms with Gasteiger partial charge in [-0.25, -0.2) is 0 Å². The topological polar surface area (TPSA) is 113 Å². The van der Waals surface area contributed by atoms with Crippen molar-refractivity contribution in [2.45, 2.75) is 175 Å². The van der Waals surface area contributed by atoms with Crippen molar-refractivity contribution in [3.8, 4) is 0 Å². The van der Waals surface area contributed by atoms with Crippen LogP contribution in [0.25, 0.3) is 0 Å². The average Bonchev–Trinajstić information content (AvgIpc) is 4.23. The molecular formula is C63H136O9. The molecule has 442 valence electrons. The summed E-state index contributed by atoms with van der Waals surface area (Å²) in [7, 11) is 0. The fourth-order valence-electron chi connectivity index (χ4n) is 4.81. The van der Waals surface area contributed by atoms with Crippen LogP contribution in [-0.4, -0.2) is 116 Å². The van der Waals surface area contributed by atoms with Crippen LogP contribution in [0.4, 0.5) is 0 Å². The van der Waals surface area contributed by atoms with Gasteiger partial charge in [0, 0.05) is 0 Å². The second kappa shape index (κ2) is 105. The lowest BCUT2D eigenvalue weighted by Gasteiger charge is -2.11. The van der Waals surface area contributed by atoms with E-state index in [2.05, 4.69) is 194 Å². The molecule has 0 aromatic carbocycles. The number of hydrogen-bond acceptors (Lipinski definition) is 9. The van der Waals surface area contributed by atoms with Crippen LogP contribution in [0.1, 0.15) is 138 Å². The molecule has 12 fully saturated rings. The van der Waals surface area contributed by atoms with E-state index < -0.39 is 0 Å². The summed E-state index contributed by atoms with van der Waals surface area (Å²) >= 11 is 0. The van der Waals surface area contributed by atoms with E-state index >= 15 is 0 Å². The van der Waals surface area contributed by atoms with Crippen molar-refractivity contribution in [2.24, 2.45) is 17.8 Å². The van der Waals surface area contributed by atoms with E-state index in [0.717, 1.165) is 97.0 Å². The highest BCUT2D eigenvalue weighted by atomic mass is 16.6. The first-order valence-electron chi connectivity index (χ1n) is 22.5. The van der Waals surface area contributed by atoms with Gasteiger partial charge in [0.2, 0.25) is 0 Å². The van der Waals surface area contributed by atoms with Crippen molar-refractivity contribution in [2.75, 3.05) is 79.3 Å². The van der Waals surface area contributed by atoms with Crippen LogP contribution < -0.4 is 0 Å². The molecule has 12 aliphatic rings. The molecule has 0 N–H and O–H groups in total. The van der Waals surface area contributed by atoms with Gasteiger partial charge in [-0.05, 0) is 75.5 Å². The lowest BCUT2D eigenvalue weighted by molar-refractivity contribution is 0.367. The Balaban J connectivity index is -0.0000000336. The fraction of sp³-hybridized carbons (Fsp3) is 0.651. The van der Waals surface area contributed by atoms with Crippen molar-refractivity contribution in [3.63, 3.8) is 0 Å². The van der Waals surface area contributed by atoms with Gasteiger partial charge in [-0.15, -0.1) is 145 Å². The van der Waals surface area contributed by atoms with E-state index in [4.69, 9.17) is 14.2 Å². The largest absolute Gasteiger partial charge is 0.377 e. The summed E-state index contributed by atoms with van der Waals surface area (Å²) in [6, 6.07) is 0. The van der Waals surface area contributed by atoms with Crippen LogP contribution in [0.15, 0.2) is 145 Å². The van der Waals surface area contributed by atoms with Crippen molar-refractivity contribution in [1.82, 2.24) is 0 Å². The minimum atomic E-state index is 0. The molecule has 0 spiro atoms. The Morgan fingerprint density at radius 2 is 0.319 bits per heavy atom. The minimum Gasteiger partial charge on any atom is -0.377 e. The summed E-state index contributed by atoms with van der Waals surface area (Å²) in [6.07, 6.45) is 16.2. The summed E-state index contributed by atoms with van der Waals surface area (Å²) in [6.45, 7) is 85.0. The third kappa shape index (κ3) is 127. The van der Waals surface area contributed by atoms with Gasteiger partial charge in [0.05, 0.1) is 116 Å². The smallest absolute Gasteiger partial charge is 0.0844 e. The van der Waals surface area contributed by atoms with E-state index in [1.165, 1.54) is 57.8 Å². The first kappa shape index (κ1) is 113. The van der Waals surface area contributed by atoms with Gasteiger partial charge in [0.25, 0.3) is 0 Å².